The Kier molecular flexibility index (Phi) is 2.97. The summed E-state index contributed by atoms with van der Waals surface area (Å²) in [4.78, 5) is 11.9. The fourth-order valence-corrected chi connectivity index (χ4v) is 3.78. The Hall–Kier alpha value is -0.630. The number of fused-ring (bicyclic) bond motifs is 1. The van der Waals surface area contributed by atoms with Crippen molar-refractivity contribution >= 4 is 5.78 Å². The van der Waals surface area contributed by atoms with Crippen molar-refractivity contribution in [1.82, 2.24) is 0 Å². The first-order valence-corrected chi connectivity index (χ1v) is 6.71. The maximum Gasteiger partial charge on any atom is 0.138 e. The summed E-state index contributed by atoms with van der Waals surface area (Å²) in [6.45, 7) is 10.1. The average molecular weight is 236 g/mol. The van der Waals surface area contributed by atoms with Gasteiger partial charge in [-0.1, -0.05) is 26.0 Å². The lowest BCUT2D eigenvalue weighted by Crippen LogP contribution is -2.60. The fraction of sp³-hybridized carbons (Fsp3) is 0.800. The Morgan fingerprint density at radius 3 is 2.71 bits per heavy atom. The summed E-state index contributed by atoms with van der Waals surface area (Å²) < 4.78 is 0. The molecule has 0 heterocycles. The largest absolute Gasteiger partial charge is 0.389 e. The summed E-state index contributed by atoms with van der Waals surface area (Å²) in [6, 6.07) is 0. The van der Waals surface area contributed by atoms with Crippen LogP contribution in [-0.4, -0.2) is 16.5 Å². The average Bonchev–Trinajstić information content (AvgIpc) is 2.27. The molecule has 2 heteroatoms. The molecule has 0 radical (unpaired) electrons. The van der Waals surface area contributed by atoms with E-state index in [9.17, 15) is 9.90 Å². The lowest BCUT2D eigenvalue weighted by Gasteiger charge is -2.56. The number of Topliss-reactive ketones (excluding diaryl/α,β-unsaturated/α-hetero) is 1. The minimum absolute atomic E-state index is 0.0771. The van der Waals surface area contributed by atoms with Crippen molar-refractivity contribution in [2.45, 2.75) is 58.5 Å². The molecule has 0 aromatic rings. The summed E-state index contributed by atoms with van der Waals surface area (Å²) in [5.74, 6) is 0.386. The number of allylic oxidation sites excluding steroid dienone is 1. The SMILES string of the molecule is C=C(C)[C@@H]1CC[C@]2(C)CCC(=O)[C@H](C)C2(O)C1. The highest BCUT2D eigenvalue weighted by Crippen LogP contribution is 2.56. The van der Waals surface area contributed by atoms with E-state index in [4.69, 9.17) is 0 Å². The molecular formula is C15H24O2. The van der Waals surface area contributed by atoms with Gasteiger partial charge in [0.25, 0.3) is 0 Å². The van der Waals surface area contributed by atoms with Crippen molar-refractivity contribution in [3.05, 3.63) is 12.2 Å². The molecule has 2 saturated carbocycles. The summed E-state index contributed by atoms with van der Waals surface area (Å²) in [5, 5.41) is 11.0. The van der Waals surface area contributed by atoms with E-state index in [-0.39, 0.29) is 17.1 Å². The van der Waals surface area contributed by atoms with Crippen LogP contribution >= 0.6 is 0 Å². The number of hydrogen-bond acceptors (Lipinski definition) is 2. The van der Waals surface area contributed by atoms with Crippen LogP contribution in [0.15, 0.2) is 12.2 Å². The molecule has 0 saturated heterocycles. The van der Waals surface area contributed by atoms with Gasteiger partial charge in [-0.3, -0.25) is 4.79 Å². The summed E-state index contributed by atoms with van der Waals surface area (Å²) in [7, 11) is 0. The lowest BCUT2D eigenvalue weighted by molar-refractivity contribution is -0.180. The number of carbonyl (C=O) groups excluding carboxylic acids is 1. The van der Waals surface area contributed by atoms with Gasteiger partial charge >= 0.3 is 0 Å². The molecule has 2 fully saturated rings. The van der Waals surface area contributed by atoms with Crippen molar-refractivity contribution in [1.29, 1.82) is 0 Å². The van der Waals surface area contributed by atoms with Gasteiger partial charge in [-0.2, -0.15) is 0 Å². The topological polar surface area (TPSA) is 37.3 Å². The van der Waals surface area contributed by atoms with E-state index in [1.165, 1.54) is 0 Å². The molecule has 0 amide bonds. The van der Waals surface area contributed by atoms with Crippen LogP contribution in [0.3, 0.4) is 0 Å². The monoisotopic (exact) mass is 236 g/mol. The number of carbonyl (C=O) groups is 1. The van der Waals surface area contributed by atoms with E-state index in [1.807, 2.05) is 13.8 Å². The lowest BCUT2D eigenvalue weighted by atomic mass is 9.51. The minimum atomic E-state index is -0.815. The smallest absolute Gasteiger partial charge is 0.138 e. The molecule has 17 heavy (non-hydrogen) atoms. The Labute approximate surface area is 104 Å². The summed E-state index contributed by atoms with van der Waals surface area (Å²) in [6.07, 6.45) is 4.31. The van der Waals surface area contributed by atoms with Crippen LogP contribution in [0.2, 0.25) is 0 Å². The third kappa shape index (κ3) is 1.77. The van der Waals surface area contributed by atoms with Gasteiger partial charge in [-0.25, -0.2) is 0 Å². The maximum absolute atomic E-state index is 11.9. The molecule has 96 valence electrons. The molecule has 0 spiro atoms. The number of aliphatic hydroxyl groups is 1. The van der Waals surface area contributed by atoms with Gasteiger partial charge in [0.05, 0.1) is 5.60 Å². The van der Waals surface area contributed by atoms with Crippen LogP contribution < -0.4 is 0 Å². The molecule has 0 aromatic heterocycles. The molecule has 2 nitrogen and oxygen atoms in total. The highest BCUT2D eigenvalue weighted by atomic mass is 16.3. The van der Waals surface area contributed by atoms with E-state index in [2.05, 4.69) is 13.5 Å². The molecule has 1 N–H and O–H groups in total. The third-order valence-electron chi connectivity index (χ3n) is 5.47. The van der Waals surface area contributed by atoms with Crippen molar-refractivity contribution in [3.8, 4) is 0 Å². The molecule has 2 aliphatic carbocycles. The highest BCUT2D eigenvalue weighted by Gasteiger charge is 2.57. The van der Waals surface area contributed by atoms with Crippen molar-refractivity contribution in [2.75, 3.05) is 0 Å². The van der Waals surface area contributed by atoms with Gasteiger partial charge in [0.15, 0.2) is 0 Å². The van der Waals surface area contributed by atoms with Crippen LogP contribution in [0, 0.1) is 17.3 Å². The predicted molar refractivity (Wildman–Crippen MR) is 68.6 cm³/mol. The van der Waals surface area contributed by atoms with Gasteiger partial charge in [-0.15, -0.1) is 0 Å². The zero-order valence-corrected chi connectivity index (χ0v) is 11.3. The first-order chi connectivity index (χ1) is 7.80. The quantitative estimate of drug-likeness (QED) is 0.710. The second-order valence-electron chi connectivity index (χ2n) is 6.46. The predicted octanol–water partition coefficient (Wildman–Crippen LogP) is 3.10. The molecular weight excluding hydrogens is 212 g/mol. The summed E-state index contributed by atoms with van der Waals surface area (Å²) in [5.41, 5.74) is 0.252. The van der Waals surface area contributed by atoms with Gasteiger partial charge in [0.2, 0.25) is 0 Å². The van der Waals surface area contributed by atoms with Crippen LogP contribution in [0.25, 0.3) is 0 Å². The van der Waals surface area contributed by atoms with Gasteiger partial charge in [0.1, 0.15) is 5.78 Å². The van der Waals surface area contributed by atoms with Gasteiger partial charge in [0, 0.05) is 12.3 Å². The Morgan fingerprint density at radius 2 is 2.12 bits per heavy atom. The van der Waals surface area contributed by atoms with Crippen LogP contribution in [0.4, 0.5) is 0 Å². The molecule has 2 rings (SSSR count). The van der Waals surface area contributed by atoms with Crippen LogP contribution in [0.1, 0.15) is 52.9 Å². The third-order valence-corrected chi connectivity index (χ3v) is 5.47. The van der Waals surface area contributed by atoms with E-state index in [0.29, 0.717) is 18.8 Å². The van der Waals surface area contributed by atoms with Crippen molar-refractivity contribution in [3.63, 3.8) is 0 Å². The first kappa shape index (κ1) is 12.8. The fourth-order valence-electron chi connectivity index (χ4n) is 3.78. The molecule has 4 atom stereocenters. The van der Waals surface area contributed by atoms with E-state index in [1.54, 1.807) is 0 Å². The first-order valence-electron chi connectivity index (χ1n) is 6.71. The van der Waals surface area contributed by atoms with Crippen molar-refractivity contribution < 1.29 is 9.90 Å². The summed E-state index contributed by atoms with van der Waals surface area (Å²) >= 11 is 0. The molecule has 1 unspecified atom stereocenters. The normalized spacial score (nSPS) is 46.5. The standard InChI is InChI=1S/C15H24O2/c1-10(2)12-5-7-14(4)8-6-13(16)11(3)15(14,17)9-12/h11-12,17H,1,5-9H2,2-4H3/t11-,12+,14+,15?/m0/s1. The number of rotatable bonds is 1. The van der Waals surface area contributed by atoms with E-state index >= 15 is 0 Å². The van der Waals surface area contributed by atoms with E-state index in [0.717, 1.165) is 24.8 Å². The van der Waals surface area contributed by atoms with Gasteiger partial charge < -0.3 is 5.11 Å². The second kappa shape index (κ2) is 3.94. The number of ketones is 1. The Balaban J connectivity index is 2.32. The number of hydrogen-bond donors (Lipinski definition) is 1. The molecule has 0 aromatic carbocycles. The zero-order valence-electron chi connectivity index (χ0n) is 11.3. The molecule has 0 bridgehead atoms. The second-order valence-corrected chi connectivity index (χ2v) is 6.46. The minimum Gasteiger partial charge on any atom is -0.389 e. The van der Waals surface area contributed by atoms with Crippen LogP contribution in [-0.2, 0) is 4.79 Å². The van der Waals surface area contributed by atoms with E-state index < -0.39 is 5.60 Å². The van der Waals surface area contributed by atoms with Crippen LogP contribution in [0.5, 0.6) is 0 Å². The van der Waals surface area contributed by atoms with Crippen molar-refractivity contribution in [2.24, 2.45) is 17.3 Å². The highest BCUT2D eigenvalue weighted by molar-refractivity contribution is 5.83. The Morgan fingerprint density at radius 1 is 1.47 bits per heavy atom. The zero-order chi connectivity index (χ0) is 12.8. The van der Waals surface area contributed by atoms with Gasteiger partial charge in [-0.05, 0) is 43.9 Å². The Bertz CT molecular complexity index is 360. The maximum atomic E-state index is 11.9. The molecule has 0 aliphatic heterocycles. The molecule has 2 aliphatic rings.